The number of methoxy groups -OCH3 is 1. The standard InChI is InChI=1S/C14H15ClN2O2/c1-19-13-9-10(4-5-12(13)15)14(18)17-8-6-11-3-2-7-16-11/h2-5,7,9,16H,6,8H2,1H3,(H,17,18). The van der Waals surface area contributed by atoms with Gasteiger partial charge in [0.1, 0.15) is 5.75 Å². The van der Waals surface area contributed by atoms with Crippen molar-refractivity contribution in [1.82, 2.24) is 10.3 Å². The first-order valence-electron chi connectivity index (χ1n) is 5.94. The molecule has 1 aromatic heterocycles. The molecule has 0 bridgehead atoms. The maximum absolute atomic E-state index is 11.9. The Balaban J connectivity index is 1.92. The topological polar surface area (TPSA) is 54.1 Å². The molecule has 0 radical (unpaired) electrons. The first-order chi connectivity index (χ1) is 9.20. The van der Waals surface area contributed by atoms with Crippen LogP contribution in [-0.4, -0.2) is 24.5 Å². The Morgan fingerprint density at radius 1 is 1.42 bits per heavy atom. The van der Waals surface area contributed by atoms with Gasteiger partial charge in [0, 0.05) is 30.4 Å². The minimum atomic E-state index is -0.137. The lowest BCUT2D eigenvalue weighted by Crippen LogP contribution is -2.25. The van der Waals surface area contributed by atoms with Gasteiger partial charge in [-0.05, 0) is 30.3 Å². The largest absolute Gasteiger partial charge is 0.495 e. The predicted octanol–water partition coefficient (Wildman–Crippen LogP) is 2.65. The third-order valence-corrected chi connectivity index (χ3v) is 3.07. The molecular formula is C14H15ClN2O2. The fourth-order valence-electron chi connectivity index (χ4n) is 1.74. The fraction of sp³-hybridized carbons (Fsp3) is 0.214. The molecule has 100 valence electrons. The molecule has 0 aliphatic heterocycles. The van der Waals surface area contributed by atoms with Gasteiger partial charge in [-0.3, -0.25) is 4.79 Å². The average molecular weight is 279 g/mol. The van der Waals surface area contributed by atoms with Crippen LogP contribution in [0.1, 0.15) is 16.1 Å². The van der Waals surface area contributed by atoms with Gasteiger partial charge >= 0.3 is 0 Å². The van der Waals surface area contributed by atoms with Gasteiger partial charge in [0.05, 0.1) is 12.1 Å². The molecule has 1 aromatic carbocycles. The molecule has 0 fully saturated rings. The number of nitrogens with one attached hydrogen (secondary N) is 2. The fourth-order valence-corrected chi connectivity index (χ4v) is 1.93. The summed E-state index contributed by atoms with van der Waals surface area (Å²) in [5.41, 5.74) is 1.63. The predicted molar refractivity (Wildman–Crippen MR) is 74.8 cm³/mol. The van der Waals surface area contributed by atoms with Crippen molar-refractivity contribution in [3.8, 4) is 5.75 Å². The summed E-state index contributed by atoms with van der Waals surface area (Å²) in [7, 11) is 1.52. The second-order valence-electron chi connectivity index (χ2n) is 4.05. The maximum Gasteiger partial charge on any atom is 0.251 e. The van der Waals surface area contributed by atoms with E-state index in [2.05, 4.69) is 10.3 Å². The smallest absolute Gasteiger partial charge is 0.251 e. The van der Waals surface area contributed by atoms with Crippen LogP contribution in [0.4, 0.5) is 0 Å². The van der Waals surface area contributed by atoms with E-state index in [-0.39, 0.29) is 5.91 Å². The number of rotatable bonds is 5. The van der Waals surface area contributed by atoms with Gasteiger partial charge in [-0.2, -0.15) is 0 Å². The van der Waals surface area contributed by atoms with Crippen LogP contribution >= 0.6 is 11.6 Å². The van der Waals surface area contributed by atoms with E-state index in [1.807, 2.05) is 18.3 Å². The molecule has 0 atom stereocenters. The van der Waals surface area contributed by atoms with Crippen LogP contribution in [0.2, 0.25) is 5.02 Å². The third kappa shape index (κ3) is 3.51. The quantitative estimate of drug-likeness (QED) is 0.883. The number of ether oxygens (including phenoxy) is 1. The van der Waals surface area contributed by atoms with Crippen molar-refractivity contribution < 1.29 is 9.53 Å². The zero-order valence-electron chi connectivity index (χ0n) is 10.6. The SMILES string of the molecule is COc1cc(C(=O)NCCc2ccc[nH]2)ccc1Cl. The summed E-state index contributed by atoms with van der Waals surface area (Å²) >= 11 is 5.91. The molecule has 5 heteroatoms. The van der Waals surface area contributed by atoms with Crippen LogP contribution in [0, 0.1) is 0 Å². The molecule has 0 unspecified atom stereocenters. The van der Waals surface area contributed by atoms with Crippen molar-refractivity contribution >= 4 is 17.5 Å². The van der Waals surface area contributed by atoms with Crippen LogP contribution in [0.5, 0.6) is 5.75 Å². The highest BCUT2D eigenvalue weighted by molar-refractivity contribution is 6.32. The van der Waals surface area contributed by atoms with Crippen molar-refractivity contribution in [2.45, 2.75) is 6.42 Å². The molecule has 0 spiro atoms. The number of benzene rings is 1. The second-order valence-corrected chi connectivity index (χ2v) is 4.46. The number of aromatic amines is 1. The first-order valence-corrected chi connectivity index (χ1v) is 6.32. The minimum absolute atomic E-state index is 0.137. The third-order valence-electron chi connectivity index (χ3n) is 2.76. The van der Waals surface area contributed by atoms with Gasteiger partial charge in [0.2, 0.25) is 0 Å². The van der Waals surface area contributed by atoms with E-state index in [9.17, 15) is 4.79 Å². The monoisotopic (exact) mass is 278 g/mol. The van der Waals surface area contributed by atoms with E-state index < -0.39 is 0 Å². The van der Waals surface area contributed by atoms with Gasteiger partial charge in [0.15, 0.2) is 0 Å². The maximum atomic E-state index is 11.9. The van der Waals surface area contributed by atoms with Crippen LogP contribution in [0.15, 0.2) is 36.5 Å². The van der Waals surface area contributed by atoms with Crippen LogP contribution in [0.3, 0.4) is 0 Å². The minimum Gasteiger partial charge on any atom is -0.495 e. The van der Waals surface area contributed by atoms with Crippen molar-refractivity contribution in [1.29, 1.82) is 0 Å². The van der Waals surface area contributed by atoms with Crippen LogP contribution in [0.25, 0.3) is 0 Å². The molecule has 0 aliphatic carbocycles. The first kappa shape index (κ1) is 13.5. The Kier molecular flexibility index (Phi) is 4.47. The lowest BCUT2D eigenvalue weighted by atomic mass is 10.2. The van der Waals surface area contributed by atoms with E-state index in [1.165, 1.54) is 7.11 Å². The summed E-state index contributed by atoms with van der Waals surface area (Å²) in [6, 6.07) is 8.88. The Morgan fingerprint density at radius 3 is 2.95 bits per heavy atom. The number of hydrogen-bond donors (Lipinski definition) is 2. The van der Waals surface area contributed by atoms with Crippen LogP contribution in [-0.2, 0) is 6.42 Å². The number of hydrogen-bond acceptors (Lipinski definition) is 2. The summed E-state index contributed by atoms with van der Waals surface area (Å²) < 4.78 is 5.08. The van der Waals surface area contributed by atoms with Crippen molar-refractivity contribution in [2.24, 2.45) is 0 Å². The van der Waals surface area contributed by atoms with E-state index in [0.29, 0.717) is 22.9 Å². The van der Waals surface area contributed by atoms with E-state index >= 15 is 0 Å². The lowest BCUT2D eigenvalue weighted by molar-refractivity contribution is 0.0953. The zero-order valence-corrected chi connectivity index (χ0v) is 11.3. The van der Waals surface area contributed by atoms with E-state index in [1.54, 1.807) is 18.2 Å². The van der Waals surface area contributed by atoms with Crippen molar-refractivity contribution in [2.75, 3.05) is 13.7 Å². The lowest BCUT2D eigenvalue weighted by Gasteiger charge is -2.07. The Morgan fingerprint density at radius 2 is 2.26 bits per heavy atom. The summed E-state index contributed by atoms with van der Waals surface area (Å²) in [4.78, 5) is 15.0. The summed E-state index contributed by atoms with van der Waals surface area (Å²) in [5, 5.41) is 3.34. The molecule has 0 saturated heterocycles. The highest BCUT2D eigenvalue weighted by Crippen LogP contribution is 2.24. The van der Waals surface area contributed by atoms with E-state index in [0.717, 1.165) is 12.1 Å². The van der Waals surface area contributed by atoms with Crippen molar-refractivity contribution in [3.63, 3.8) is 0 Å². The number of amides is 1. The molecule has 0 aliphatic rings. The highest BCUT2D eigenvalue weighted by Gasteiger charge is 2.08. The average Bonchev–Trinajstić information content (AvgIpc) is 2.92. The number of carbonyl (C=O) groups excluding carboxylic acids is 1. The molecule has 2 rings (SSSR count). The normalized spacial score (nSPS) is 10.2. The van der Waals surface area contributed by atoms with Crippen LogP contribution < -0.4 is 10.1 Å². The summed E-state index contributed by atoms with van der Waals surface area (Å²) in [6.45, 7) is 0.574. The summed E-state index contributed by atoms with van der Waals surface area (Å²) in [6.07, 6.45) is 2.63. The van der Waals surface area contributed by atoms with Gasteiger partial charge in [0.25, 0.3) is 5.91 Å². The molecule has 1 amide bonds. The molecule has 19 heavy (non-hydrogen) atoms. The Hall–Kier alpha value is -1.94. The zero-order chi connectivity index (χ0) is 13.7. The van der Waals surface area contributed by atoms with Gasteiger partial charge in [-0.15, -0.1) is 0 Å². The number of carbonyl (C=O) groups is 1. The molecule has 2 N–H and O–H groups in total. The summed E-state index contributed by atoms with van der Waals surface area (Å²) in [5.74, 6) is 0.361. The Labute approximate surface area is 116 Å². The number of halogens is 1. The van der Waals surface area contributed by atoms with Gasteiger partial charge in [-0.1, -0.05) is 11.6 Å². The molecule has 4 nitrogen and oxygen atoms in total. The second kappa shape index (κ2) is 6.29. The molecule has 1 heterocycles. The van der Waals surface area contributed by atoms with E-state index in [4.69, 9.17) is 16.3 Å². The number of aromatic nitrogens is 1. The molecular weight excluding hydrogens is 264 g/mol. The van der Waals surface area contributed by atoms with Gasteiger partial charge in [-0.25, -0.2) is 0 Å². The van der Waals surface area contributed by atoms with Gasteiger partial charge < -0.3 is 15.0 Å². The van der Waals surface area contributed by atoms with Crippen molar-refractivity contribution in [3.05, 3.63) is 52.8 Å². The molecule has 2 aromatic rings. The number of H-pyrrole nitrogens is 1. The molecule has 0 saturated carbocycles. The highest BCUT2D eigenvalue weighted by atomic mass is 35.5. The Bertz CT molecular complexity index is 553.